The highest BCUT2D eigenvalue weighted by Crippen LogP contribution is 2.14. The summed E-state index contributed by atoms with van der Waals surface area (Å²) in [5.41, 5.74) is 0.596. The summed E-state index contributed by atoms with van der Waals surface area (Å²) < 4.78 is 5.35. The quantitative estimate of drug-likeness (QED) is 0.869. The molecular weight excluding hydrogens is 262 g/mol. The number of aliphatic carboxylic acids is 1. The Balaban J connectivity index is 2.01. The van der Waals surface area contributed by atoms with E-state index in [-0.39, 0.29) is 18.2 Å². The Morgan fingerprint density at radius 1 is 1.25 bits per heavy atom. The summed E-state index contributed by atoms with van der Waals surface area (Å²) in [5, 5.41) is 8.80. The van der Waals surface area contributed by atoms with E-state index in [0.717, 1.165) is 6.42 Å². The molecule has 7 nitrogen and oxygen atoms in total. The van der Waals surface area contributed by atoms with Gasteiger partial charge in [0.15, 0.2) is 5.89 Å². The third-order valence-corrected chi connectivity index (χ3v) is 3.33. The Morgan fingerprint density at radius 3 is 2.60 bits per heavy atom. The molecule has 1 aromatic rings. The first kappa shape index (κ1) is 14.5. The maximum absolute atomic E-state index is 12.4. The average Bonchev–Trinajstić information content (AvgIpc) is 2.58. The highest BCUT2D eigenvalue weighted by Gasteiger charge is 2.25. The second-order valence-electron chi connectivity index (χ2n) is 4.96. The summed E-state index contributed by atoms with van der Waals surface area (Å²) in [5.74, 6) is -0.242. The van der Waals surface area contributed by atoms with E-state index in [4.69, 9.17) is 9.52 Å². The number of hydrogen-bond acceptors (Lipinski definition) is 5. The molecule has 0 bridgehead atoms. The van der Waals surface area contributed by atoms with Gasteiger partial charge in [-0.3, -0.25) is 14.5 Å². The van der Waals surface area contributed by atoms with Crippen LogP contribution >= 0.6 is 0 Å². The number of carboxylic acid groups (broad SMARTS) is 1. The van der Waals surface area contributed by atoms with Crippen molar-refractivity contribution in [2.45, 2.75) is 20.3 Å². The first-order valence-electron chi connectivity index (χ1n) is 6.65. The predicted molar refractivity (Wildman–Crippen MR) is 70.6 cm³/mol. The Hall–Kier alpha value is -1.89. The van der Waals surface area contributed by atoms with Crippen LogP contribution in [0.1, 0.15) is 28.6 Å². The van der Waals surface area contributed by atoms with Crippen molar-refractivity contribution in [2.24, 2.45) is 0 Å². The first-order chi connectivity index (χ1) is 9.47. The van der Waals surface area contributed by atoms with Gasteiger partial charge < -0.3 is 14.4 Å². The van der Waals surface area contributed by atoms with Crippen molar-refractivity contribution < 1.29 is 19.1 Å². The molecule has 1 amide bonds. The van der Waals surface area contributed by atoms with Crippen LogP contribution < -0.4 is 0 Å². The fraction of sp³-hybridized carbons (Fsp3) is 0.615. The Bertz CT molecular complexity index is 512. The van der Waals surface area contributed by atoms with Gasteiger partial charge in [0, 0.05) is 33.1 Å². The van der Waals surface area contributed by atoms with E-state index in [1.165, 1.54) is 0 Å². The molecule has 7 heteroatoms. The van der Waals surface area contributed by atoms with Crippen LogP contribution in [0.4, 0.5) is 0 Å². The summed E-state index contributed by atoms with van der Waals surface area (Å²) in [6.45, 7) is 5.83. The van der Waals surface area contributed by atoms with Gasteiger partial charge in [0.25, 0.3) is 5.91 Å². The van der Waals surface area contributed by atoms with Crippen LogP contribution in [0.15, 0.2) is 4.42 Å². The smallest absolute Gasteiger partial charge is 0.317 e. The molecule has 1 aromatic heterocycles. The minimum atomic E-state index is -0.841. The monoisotopic (exact) mass is 281 g/mol. The molecule has 1 aliphatic heterocycles. The van der Waals surface area contributed by atoms with E-state index in [1.807, 2.05) is 4.90 Å². The van der Waals surface area contributed by atoms with Crippen molar-refractivity contribution in [3.63, 3.8) is 0 Å². The zero-order chi connectivity index (χ0) is 14.7. The maximum atomic E-state index is 12.4. The van der Waals surface area contributed by atoms with Crippen molar-refractivity contribution >= 4 is 11.9 Å². The third kappa shape index (κ3) is 3.36. The molecule has 1 N–H and O–H groups in total. The molecule has 20 heavy (non-hydrogen) atoms. The number of aromatic nitrogens is 1. The van der Waals surface area contributed by atoms with Crippen molar-refractivity contribution in [1.29, 1.82) is 0 Å². The lowest BCUT2D eigenvalue weighted by molar-refractivity contribution is -0.138. The van der Waals surface area contributed by atoms with Gasteiger partial charge in [-0.2, -0.15) is 0 Å². The molecule has 0 aromatic carbocycles. The molecule has 0 spiro atoms. The largest absolute Gasteiger partial charge is 0.480 e. The normalized spacial score (nSPS) is 17.0. The van der Waals surface area contributed by atoms with E-state index in [1.54, 1.807) is 18.7 Å². The molecule has 0 aliphatic carbocycles. The van der Waals surface area contributed by atoms with Gasteiger partial charge in [-0.25, -0.2) is 4.98 Å². The van der Waals surface area contributed by atoms with Crippen LogP contribution in [0.2, 0.25) is 0 Å². The minimum Gasteiger partial charge on any atom is -0.480 e. The molecule has 1 aliphatic rings. The van der Waals surface area contributed by atoms with Crippen molar-refractivity contribution in [3.8, 4) is 0 Å². The fourth-order valence-electron chi connectivity index (χ4n) is 2.40. The molecule has 1 fully saturated rings. The van der Waals surface area contributed by atoms with Gasteiger partial charge in [-0.15, -0.1) is 0 Å². The van der Waals surface area contributed by atoms with E-state index in [9.17, 15) is 9.59 Å². The summed E-state index contributed by atoms with van der Waals surface area (Å²) >= 11 is 0. The van der Waals surface area contributed by atoms with Gasteiger partial charge in [-0.1, -0.05) is 0 Å². The Morgan fingerprint density at radius 2 is 2.00 bits per heavy atom. The molecule has 2 rings (SSSR count). The standard InChI is InChI=1S/C13H19N3O4/c1-9-12(20-10(2)14-9)13(19)16-5-3-4-15(6-7-16)8-11(17)18/h3-8H2,1-2H3,(H,17,18). The van der Waals surface area contributed by atoms with Gasteiger partial charge >= 0.3 is 5.97 Å². The zero-order valence-corrected chi connectivity index (χ0v) is 11.8. The molecular formula is C13H19N3O4. The number of carboxylic acids is 1. The molecule has 0 radical (unpaired) electrons. The van der Waals surface area contributed by atoms with Crippen LogP contribution in [-0.2, 0) is 4.79 Å². The van der Waals surface area contributed by atoms with E-state index < -0.39 is 5.97 Å². The average molecular weight is 281 g/mol. The number of carbonyl (C=O) groups excluding carboxylic acids is 1. The lowest BCUT2D eigenvalue weighted by atomic mass is 10.3. The lowest BCUT2D eigenvalue weighted by Crippen LogP contribution is -2.36. The highest BCUT2D eigenvalue weighted by molar-refractivity contribution is 5.92. The van der Waals surface area contributed by atoms with E-state index in [0.29, 0.717) is 37.8 Å². The van der Waals surface area contributed by atoms with Gasteiger partial charge in [-0.05, 0) is 13.3 Å². The fourth-order valence-corrected chi connectivity index (χ4v) is 2.40. The predicted octanol–water partition coefficient (Wildman–Crippen LogP) is 0.524. The van der Waals surface area contributed by atoms with Crippen molar-refractivity contribution in [2.75, 3.05) is 32.7 Å². The number of aryl methyl sites for hydroxylation is 2. The topological polar surface area (TPSA) is 86.9 Å². The zero-order valence-electron chi connectivity index (χ0n) is 11.8. The van der Waals surface area contributed by atoms with Crippen molar-refractivity contribution in [3.05, 3.63) is 17.3 Å². The number of rotatable bonds is 3. The number of hydrogen-bond donors (Lipinski definition) is 1. The Labute approximate surface area is 117 Å². The molecule has 0 unspecified atom stereocenters. The maximum Gasteiger partial charge on any atom is 0.317 e. The summed E-state index contributed by atoms with van der Waals surface area (Å²) in [4.78, 5) is 30.7. The van der Waals surface area contributed by atoms with Crippen molar-refractivity contribution in [1.82, 2.24) is 14.8 Å². The van der Waals surface area contributed by atoms with Crippen LogP contribution in [0.3, 0.4) is 0 Å². The van der Waals surface area contributed by atoms with E-state index in [2.05, 4.69) is 4.98 Å². The lowest BCUT2D eigenvalue weighted by Gasteiger charge is -2.20. The second-order valence-corrected chi connectivity index (χ2v) is 4.96. The molecule has 0 saturated carbocycles. The van der Waals surface area contributed by atoms with Crippen LogP contribution in [0, 0.1) is 13.8 Å². The van der Waals surface area contributed by atoms with Crippen LogP contribution in [0.25, 0.3) is 0 Å². The molecule has 110 valence electrons. The molecule has 1 saturated heterocycles. The minimum absolute atomic E-state index is 0.0163. The summed E-state index contributed by atoms with van der Waals surface area (Å²) in [6.07, 6.45) is 0.755. The summed E-state index contributed by atoms with van der Waals surface area (Å²) in [6, 6.07) is 0. The number of amides is 1. The number of oxazole rings is 1. The van der Waals surface area contributed by atoms with Gasteiger partial charge in [0.1, 0.15) is 0 Å². The highest BCUT2D eigenvalue weighted by atomic mass is 16.4. The summed E-state index contributed by atoms with van der Waals surface area (Å²) in [7, 11) is 0. The van der Waals surface area contributed by atoms with Gasteiger partial charge in [0.2, 0.25) is 5.76 Å². The van der Waals surface area contributed by atoms with Crippen LogP contribution in [0.5, 0.6) is 0 Å². The molecule has 2 heterocycles. The second kappa shape index (κ2) is 6.04. The Kier molecular flexibility index (Phi) is 4.39. The number of carbonyl (C=O) groups is 2. The number of nitrogens with zero attached hydrogens (tertiary/aromatic N) is 3. The van der Waals surface area contributed by atoms with E-state index >= 15 is 0 Å². The SMILES string of the molecule is Cc1nc(C)c(C(=O)N2CCCN(CC(=O)O)CC2)o1. The van der Waals surface area contributed by atoms with Gasteiger partial charge in [0.05, 0.1) is 12.2 Å². The van der Waals surface area contributed by atoms with Crippen LogP contribution in [-0.4, -0.2) is 64.5 Å². The first-order valence-corrected chi connectivity index (χ1v) is 6.65. The third-order valence-electron chi connectivity index (χ3n) is 3.33. The molecule has 0 atom stereocenters.